The second kappa shape index (κ2) is 9.14. The Bertz CT molecular complexity index is 1090. The maximum atomic E-state index is 12.6. The smallest absolute Gasteiger partial charge is 0.359 e. The molecule has 1 amide bonds. The molecule has 0 fully saturated rings. The van der Waals surface area contributed by atoms with Crippen molar-refractivity contribution in [3.05, 3.63) is 70.1 Å². The zero-order valence-corrected chi connectivity index (χ0v) is 16.5. The zero-order chi connectivity index (χ0) is 20.8. The molecular formula is C22H23N3O4. The lowest BCUT2D eigenvalue weighted by molar-refractivity contribution is -0.119. The number of rotatable bonds is 7. The maximum absolute atomic E-state index is 12.6. The quantitative estimate of drug-likeness (QED) is 0.623. The van der Waals surface area contributed by atoms with Crippen LogP contribution in [0, 0.1) is 0 Å². The number of aryl methyl sites for hydroxylation is 2. The molecule has 1 N–H and O–H groups in total. The number of ether oxygens (including phenoxy) is 1. The SMILES string of the molecule is CCCn1nc(C(=O)OCC(=O)Nc2ccc(CC)cc2)c2ccccc2c1=O. The zero-order valence-electron chi connectivity index (χ0n) is 16.5. The van der Waals surface area contributed by atoms with Crippen LogP contribution >= 0.6 is 0 Å². The first-order chi connectivity index (χ1) is 14.0. The van der Waals surface area contributed by atoms with Crippen LogP contribution in [-0.2, 0) is 22.5 Å². The molecule has 0 unspecified atom stereocenters. The molecule has 7 heteroatoms. The van der Waals surface area contributed by atoms with E-state index in [1.54, 1.807) is 36.4 Å². The highest BCUT2D eigenvalue weighted by atomic mass is 16.5. The molecule has 0 saturated carbocycles. The van der Waals surface area contributed by atoms with E-state index in [4.69, 9.17) is 4.74 Å². The monoisotopic (exact) mass is 393 g/mol. The molecule has 0 atom stereocenters. The lowest BCUT2D eigenvalue weighted by atomic mass is 10.1. The third-order valence-electron chi connectivity index (χ3n) is 4.48. The van der Waals surface area contributed by atoms with Crippen molar-refractivity contribution in [2.75, 3.05) is 11.9 Å². The van der Waals surface area contributed by atoms with Crippen LogP contribution in [0.15, 0.2) is 53.3 Å². The summed E-state index contributed by atoms with van der Waals surface area (Å²) >= 11 is 0. The number of nitrogens with zero attached hydrogens (tertiary/aromatic N) is 2. The number of esters is 1. The average Bonchev–Trinajstić information content (AvgIpc) is 2.74. The second-order valence-corrected chi connectivity index (χ2v) is 6.60. The van der Waals surface area contributed by atoms with Gasteiger partial charge in [-0.05, 0) is 36.6 Å². The fourth-order valence-corrected chi connectivity index (χ4v) is 2.97. The van der Waals surface area contributed by atoms with Gasteiger partial charge in [-0.25, -0.2) is 9.48 Å². The fraction of sp³-hybridized carbons (Fsp3) is 0.273. The standard InChI is InChI=1S/C22H23N3O4/c1-3-13-25-21(27)18-8-6-5-7-17(18)20(24-25)22(28)29-14-19(26)23-16-11-9-15(4-2)10-12-16/h5-12H,3-4,13-14H2,1-2H3,(H,23,26). The molecule has 7 nitrogen and oxygen atoms in total. The molecule has 0 bridgehead atoms. The van der Waals surface area contributed by atoms with Gasteiger partial charge < -0.3 is 10.1 Å². The first-order valence-corrected chi connectivity index (χ1v) is 9.59. The lowest BCUT2D eigenvalue weighted by Crippen LogP contribution is -2.27. The van der Waals surface area contributed by atoms with E-state index in [1.807, 2.05) is 26.0 Å². The van der Waals surface area contributed by atoms with Gasteiger partial charge in [0.25, 0.3) is 11.5 Å². The largest absolute Gasteiger partial charge is 0.451 e. The summed E-state index contributed by atoms with van der Waals surface area (Å²) in [5.74, 6) is -1.20. The Morgan fingerprint density at radius 3 is 2.38 bits per heavy atom. The van der Waals surface area contributed by atoms with E-state index >= 15 is 0 Å². The van der Waals surface area contributed by atoms with Crippen molar-refractivity contribution in [2.45, 2.75) is 33.2 Å². The van der Waals surface area contributed by atoms with E-state index < -0.39 is 18.5 Å². The Morgan fingerprint density at radius 1 is 1.03 bits per heavy atom. The first kappa shape index (κ1) is 20.3. The molecule has 2 aromatic carbocycles. The number of fused-ring (bicyclic) bond motifs is 1. The van der Waals surface area contributed by atoms with Crippen molar-refractivity contribution in [2.24, 2.45) is 0 Å². The van der Waals surface area contributed by atoms with Gasteiger partial charge in [0.2, 0.25) is 0 Å². The summed E-state index contributed by atoms with van der Waals surface area (Å²) in [6, 6.07) is 14.2. The molecule has 29 heavy (non-hydrogen) atoms. The number of carbonyl (C=O) groups excluding carboxylic acids is 2. The molecular weight excluding hydrogens is 370 g/mol. The summed E-state index contributed by atoms with van der Waals surface area (Å²) < 4.78 is 6.42. The van der Waals surface area contributed by atoms with Crippen molar-refractivity contribution in [3.63, 3.8) is 0 Å². The number of aromatic nitrogens is 2. The van der Waals surface area contributed by atoms with Gasteiger partial charge in [0.05, 0.1) is 5.39 Å². The summed E-state index contributed by atoms with van der Waals surface area (Å²) in [5.41, 5.74) is 1.55. The van der Waals surface area contributed by atoms with E-state index in [2.05, 4.69) is 10.4 Å². The minimum atomic E-state index is -0.748. The molecule has 0 aliphatic carbocycles. The fourth-order valence-electron chi connectivity index (χ4n) is 2.97. The van der Waals surface area contributed by atoms with Crippen molar-refractivity contribution in [3.8, 4) is 0 Å². The molecule has 0 radical (unpaired) electrons. The Kier molecular flexibility index (Phi) is 6.39. The highest BCUT2D eigenvalue weighted by Gasteiger charge is 2.19. The summed E-state index contributed by atoms with van der Waals surface area (Å²) in [6.45, 7) is 3.91. The van der Waals surface area contributed by atoms with Crippen LogP contribution in [-0.4, -0.2) is 28.3 Å². The van der Waals surface area contributed by atoms with Crippen molar-refractivity contribution >= 4 is 28.3 Å². The van der Waals surface area contributed by atoms with Crippen LogP contribution in [0.5, 0.6) is 0 Å². The van der Waals surface area contributed by atoms with E-state index in [0.29, 0.717) is 29.4 Å². The summed E-state index contributed by atoms with van der Waals surface area (Å²) in [5, 5.41) is 7.66. The van der Waals surface area contributed by atoms with Crippen LogP contribution in [0.3, 0.4) is 0 Å². The highest BCUT2D eigenvalue weighted by molar-refractivity contribution is 6.03. The molecule has 1 aromatic heterocycles. The molecule has 3 rings (SSSR count). The first-order valence-electron chi connectivity index (χ1n) is 9.59. The molecule has 0 aliphatic heterocycles. The predicted molar refractivity (Wildman–Crippen MR) is 111 cm³/mol. The topological polar surface area (TPSA) is 90.3 Å². The summed E-state index contributed by atoms with van der Waals surface area (Å²) in [4.78, 5) is 37.2. The molecule has 0 aliphatic rings. The van der Waals surface area contributed by atoms with Crippen LogP contribution < -0.4 is 10.9 Å². The Hall–Kier alpha value is -3.48. The van der Waals surface area contributed by atoms with E-state index in [1.165, 1.54) is 4.68 Å². The van der Waals surface area contributed by atoms with Crippen LogP contribution in [0.25, 0.3) is 10.8 Å². The normalized spacial score (nSPS) is 10.7. The minimum absolute atomic E-state index is 0.0220. The number of benzene rings is 2. The van der Waals surface area contributed by atoms with Crippen molar-refractivity contribution < 1.29 is 14.3 Å². The molecule has 0 spiro atoms. The van der Waals surface area contributed by atoms with Crippen molar-refractivity contribution in [1.29, 1.82) is 0 Å². The predicted octanol–water partition coefficient (Wildman–Crippen LogP) is 3.16. The van der Waals surface area contributed by atoms with Gasteiger partial charge in [-0.1, -0.05) is 44.2 Å². The molecule has 0 saturated heterocycles. The van der Waals surface area contributed by atoms with Gasteiger partial charge in [0.15, 0.2) is 12.3 Å². The summed E-state index contributed by atoms with van der Waals surface area (Å²) in [6.07, 6.45) is 1.60. The van der Waals surface area contributed by atoms with E-state index in [0.717, 1.165) is 12.0 Å². The lowest BCUT2D eigenvalue weighted by Gasteiger charge is -2.10. The number of amides is 1. The Morgan fingerprint density at radius 2 is 1.72 bits per heavy atom. The Balaban J connectivity index is 1.74. The number of hydrogen-bond acceptors (Lipinski definition) is 5. The summed E-state index contributed by atoms with van der Waals surface area (Å²) in [7, 11) is 0. The average molecular weight is 393 g/mol. The van der Waals surface area contributed by atoms with Crippen LogP contribution in [0.4, 0.5) is 5.69 Å². The van der Waals surface area contributed by atoms with E-state index in [-0.39, 0.29) is 11.3 Å². The van der Waals surface area contributed by atoms with Gasteiger partial charge in [-0.3, -0.25) is 9.59 Å². The number of anilines is 1. The molecule has 1 heterocycles. The maximum Gasteiger partial charge on any atom is 0.359 e. The van der Waals surface area contributed by atoms with Gasteiger partial charge in [-0.2, -0.15) is 5.10 Å². The third-order valence-corrected chi connectivity index (χ3v) is 4.48. The van der Waals surface area contributed by atoms with Gasteiger partial charge >= 0.3 is 5.97 Å². The highest BCUT2D eigenvalue weighted by Crippen LogP contribution is 2.15. The van der Waals surface area contributed by atoms with Crippen molar-refractivity contribution in [1.82, 2.24) is 9.78 Å². The number of nitrogens with one attached hydrogen (secondary N) is 1. The van der Waals surface area contributed by atoms with Gasteiger partial charge in [0.1, 0.15) is 0 Å². The number of hydrogen-bond donors (Lipinski definition) is 1. The van der Waals surface area contributed by atoms with Crippen LogP contribution in [0.1, 0.15) is 36.3 Å². The van der Waals surface area contributed by atoms with Gasteiger partial charge in [0, 0.05) is 17.6 Å². The van der Waals surface area contributed by atoms with Gasteiger partial charge in [-0.15, -0.1) is 0 Å². The van der Waals surface area contributed by atoms with Crippen LogP contribution in [0.2, 0.25) is 0 Å². The number of carbonyl (C=O) groups is 2. The van der Waals surface area contributed by atoms with E-state index in [9.17, 15) is 14.4 Å². The Labute approximate surface area is 168 Å². The second-order valence-electron chi connectivity index (χ2n) is 6.60. The third kappa shape index (κ3) is 4.68. The molecule has 150 valence electrons. The minimum Gasteiger partial charge on any atom is -0.451 e. The molecule has 3 aromatic rings.